The molecule has 1 heterocycles. The monoisotopic (exact) mass is 265 g/mol. The number of hydrogen-bond acceptors (Lipinski definition) is 3. The van der Waals surface area contributed by atoms with E-state index in [4.69, 9.17) is 4.74 Å². The van der Waals surface area contributed by atoms with Crippen molar-refractivity contribution in [2.45, 2.75) is 25.0 Å². The summed E-state index contributed by atoms with van der Waals surface area (Å²) in [4.78, 5) is 0. The van der Waals surface area contributed by atoms with Gasteiger partial charge in [0.2, 0.25) is 0 Å². The van der Waals surface area contributed by atoms with E-state index in [2.05, 4.69) is 29.2 Å². The molecule has 3 heteroatoms. The van der Waals surface area contributed by atoms with Crippen LogP contribution in [0.15, 0.2) is 24.3 Å². The van der Waals surface area contributed by atoms with Gasteiger partial charge in [0.1, 0.15) is 5.75 Å². The molecule has 100 valence electrons. The Morgan fingerprint density at radius 3 is 2.83 bits per heavy atom. The largest absolute Gasteiger partial charge is 0.497 e. The lowest BCUT2D eigenvalue weighted by Crippen LogP contribution is -2.14. The van der Waals surface area contributed by atoms with Gasteiger partial charge in [-0.3, -0.25) is 0 Å². The number of methoxy groups -OCH3 is 1. The zero-order chi connectivity index (χ0) is 12.6. The zero-order valence-electron chi connectivity index (χ0n) is 11.2. The minimum Gasteiger partial charge on any atom is -0.497 e. The van der Waals surface area contributed by atoms with Crippen molar-refractivity contribution in [2.75, 3.05) is 26.0 Å². The lowest BCUT2D eigenvalue weighted by Gasteiger charge is -2.12. The van der Waals surface area contributed by atoms with Gasteiger partial charge in [-0.2, -0.15) is 11.8 Å². The van der Waals surface area contributed by atoms with Gasteiger partial charge in [0.25, 0.3) is 0 Å². The van der Waals surface area contributed by atoms with Crippen LogP contribution in [0.3, 0.4) is 0 Å². The van der Waals surface area contributed by atoms with Gasteiger partial charge in [0.15, 0.2) is 0 Å². The Kier molecular flexibility index (Phi) is 5.88. The van der Waals surface area contributed by atoms with Crippen LogP contribution in [0.2, 0.25) is 0 Å². The SMILES string of the molecule is COc1ccc(CSCC2CCCNCC2)cc1. The Bertz CT molecular complexity index is 331. The van der Waals surface area contributed by atoms with E-state index in [0.717, 1.165) is 17.4 Å². The number of ether oxygens (including phenoxy) is 1. The van der Waals surface area contributed by atoms with Crippen LogP contribution in [-0.2, 0) is 5.75 Å². The Morgan fingerprint density at radius 1 is 1.22 bits per heavy atom. The first kappa shape index (κ1) is 13.8. The van der Waals surface area contributed by atoms with E-state index >= 15 is 0 Å². The fourth-order valence-electron chi connectivity index (χ4n) is 2.32. The molecule has 2 nitrogen and oxygen atoms in total. The molecule has 1 aliphatic rings. The highest BCUT2D eigenvalue weighted by Crippen LogP contribution is 2.22. The van der Waals surface area contributed by atoms with Crippen molar-refractivity contribution >= 4 is 11.8 Å². The summed E-state index contributed by atoms with van der Waals surface area (Å²) >= 11 is 2.07. The minimum absolute atomic E-state index is 0.906. The molecule has 1 aromatic rings. The predicted octanol–water partition coefficient (Wildman–Crippen LogP) is 3.32. The van der Waals surface area contributed by atoms with Crippen molar-refractivity contribution in [1.29, 1.82) is 0 Å². The van der Waals surface area contributed by atoms with Crippen LogP contribution < -0.4 is 10.1 Å². The zero-order valence-corrected chi connectivity index (χ0v) is 12.0. The highest BCUT2D eigenvalue weighted by atomic mass is 32.2. The van der Waals surface area contributed by atoms with Crippen LogP contribution in [0.4, 0.5) is 0 Å². The molecular weight excluding hydrogens is 242 g/mol. The highest BCUT2D eigenvalue weighted by molar-refractivity contribution is 7.98. The average Bonchev–Trinajstić information content (AvgIpc) is 2.68. The molecule has 0 aliphatic carbocycles. The molecule has 1 saturated heterocycles. The second kappa shape index (κ2) is 7.70. The maximum Gasteiger partial charge on any atom is 0.118 e. The van der Waals surface area contributed by atoms with E-state index in [1.165, 1.54) is 43.7 Å². The van der Waals surface area contributed by atoms with Gasteiger partial charge in [-0.05, 0) is 61.7 Å². The van der Waals surface area contributed by atoms with Crippen LogP contribution in [0.25, 0.3) is 0 Å². The molecular formula is C15H23NOS. The fraction of sp³-hybridized carbons (Fsp3) is 0.600. The number of nitrogens with one attached hydrogen (secondary N) is 1. The van der Waals surface area contributed by atoms with E-state index in [0.29, 0.717) is 0 Å². The van der Waals surface area contributed by atoms with Gasteiger partial charge in [0, 0.05) is 5.75 Å². The third kappa shape index (κ3) is 4.54. The normalized spacial score (nSPS) is 20.4. The average molecular weight is 265 g/mol. The summed E-state index contributed by atoms with van der Waals surface area (Å²) < 4.78 is 5.17. The number of benzene rings is 1. The van der Waals surface area contributed by atoms with Crippen molar-refractivity contribution < 1.29 is 4.74 Å². The number of hydrogen-bond donors (Lipinski definition) is 1. The van der Waals surface area contributed by atoms with Crippen LogP contribution in [0.5, 0.6) is 5.75 Å². The van der Waals surface area contributed by atoms with Crippen LogP contribution in [0.1, 0.15) is 24.8 Å². The predicted molar refractivity (Wildman–Crippen MR) is 79.4 cm³/mol. The summed E-state index contributed by atoms with van der Waals surface area (Å²) in [6.45, 7) is 2.41. The molecule has 1 unspecified atom stereocenters. The van der Waals surface area contributed by atoms with Crippen molar-refractivity contribution in [3.8, 4) is 5.75 Å². The second-order valence-electron chi connectivity index (χ2n) is 4.91. The molecule has 1 fully saturated rings. The van der Waals surface area contributed by atoms with Gasteiger partial charge in [-0.15, -0.1) is 0 Å². The molecule has 0 amide bonds. The summed E-state index contributed by atoms with van der Waals surface area (Å²) in [5.74, 6) is 4.27. The summed E-state index contributed by atoms with van der Waals surface area (Å²) in [6.07, 6.45) is 4.08. The lowest BCUT2D eigenvalue weighted by atomic mass is 10.0. The first-order valence-electron chi connectivity index (χ1n) is 6.80. The standard InChI is InChI=1S/C15H23NOS/c1-17-15-6-4-14(5-7-15)12-18-11-13-3-2-9-16-10-8-13/h4-7,13,16H,2-3,8-12H2,1H3. The third-order valence-electron chi connectivity index (χ3n) is 3.48. The molecule has 1 aliphatic heterocycles. The van der Waals surface area contributed by atoms with Crippen LogP contribution in [0, 0.1) is 5.92 Å². The van der Waals surface area contributed by atoms with Gasteiger partial charge in [0.05, 0.1) is 7.11 Å². The van der Waals surface area contributed by atoms with E-state index in [1.54, 1.807) is 7.11 Å². The van der Waals surface area contributed by atoms with Crippen LogP contribution in [-0.4, -0.2) is 26.0 Å². The van der Waals surface area contributed by atoms with Crippen molar-refractivity contribution in [2.24, 2.45) is 5.92 Å². The number of thioether (sulfide) groups is 1. The summed E-state index contributed by atoms with van der Waals surface area (Å²) in [6, 6.07) is 8.43. The minimum atomic E-state index is 0.906. The summed E-state index contributed by atoms with van der Waals surface area (Å²) in [7, 11) is 1.71. The first-order chi connectivity index (χ1) is 8.88. The molecule has 18 heavy (non-hydrogen) atoms. The molecule has 0 radical (unpaired) electrons. The Balaban J connectivity index is 1.70. The Labute approximate surface area is 114 Å². The van der Waals surface area contributed by atoms with Crippen molar-refractivity contribution in [3.05, 3.63) is 29.8 Å². The van der Waals surface area contributed by atoms with Gasteiger partial charge in [-0.25, -0.2) is 0 Å². The topological polar surface area (TPSA) is 21.3 Å². The van der Waals surface area contributed by atoms with E-state index in [9.17, 15) is 0 Å². The number of rotatable bonds is 5. The van der Waals surface area contributed by atoms with Gasteiger partial charge < -0.3 is 10.1 Å². The Morgan fingerprint density at radius 2 is 2.06 bits per heavy atom. The third-order valence-corrected chi connectivity index (χ3v) is 4.72. The Hall–Kier alpha value is -0.670. The molecule has 1 atom stereocenters. The van der Waals surface area contributed by atoms with Crippen molar-refractivity contribution in [1.82, 2.24) is 5.32 Å². The highest BCUT2D eigenvalue weighted by Gasteiger charge is 2.11. The molecule has 0 saturated carbocycles. The van der Waals surface area contributed by atoms with Crippen molar-refractivity contribution in [3.63, 3.8) is 0 Å². The van der Waals surface area contributed by atoms with Crippen LogP contribution >= 0.6 is 11.8 Å². The second-order valence-corrected chi connectivity index (χ2v) is 5.94. The smallest absolute Gasteiger partial charge is 0.118 e. The lowest BCUT2D eigenvalue weighted by molar-refractivity contribution is 0.414. The maximum atomic E-state index is 5.17. The fourth-order valence-corrected chi connectivity index (χ4v) is 3.54. The summed E-state index contributed by atoms with van der Waals surface area (Å²) in [5, 5.41) is 3.47. The maximum absolute atomic E-state index is 5.17. The molecule has 0 aromatic heterocycles. The van der Waals surface area contributed by atoms with E-state index in [1.807, 2.05) is 12.1 Å². The summed E-state index contributed by atoms with van der Waals surface area (Å²) in [5.41, 5.74) is 1.40. The van der Waals surface area contributed by atoms with Gasteiger partial charge in [-0.1, -0.05) is 12.1 Å². The first-order valence-corrected chi connectivity index (χ1v) is 7.95. The van der Waals surface area contributed by atoms with E-state index < -0.39 is 0 Å². The molecule has 1 aromatic carbocycles. The molecule has 0 bridgehead atoms. The molecule has 1 N–H and O–H groups in total. The molecule has 0 spiro atoms. The quantitative estimate of drug-likeness (QED) is 0.882. The van der Waals surface area contributed by atoms with E-state index in [-0.39, 0.29) is 0 Å². The molecule has 2 rings (SSSR count). The van der Waals surface area contributed by atoms with Gasteiger partial charge >= 0.3 is 0 Å².